The second kappa shape index (κ2) is 32.7. The average molecular weight is 854 g/mol. The van der Waals surface area contributed by atoms with Crippen LogP contribution in [0.3, 0.4) is 0 Å². The molecule has 0 bridgehead atoms. The van der Waals surface area contributed by atoms with Gasteiger partial charge in [-0.3, -0.25) is 0 Å². The molecular formula is C56H94N2Ni. The van der Waals surface area contributed by atoms with E-state index in [9.17, 15) is 5.53 Å². The molecule has 0 atom stereocenters. The Balaban J connectivity index is 0.00000119. The molecule has 0 unspecified atom stereocenters. The van der Waals surface area contributed by atoms with Gasteiger partial charge in [0.2, 0.25) is 11.4 Å². The van der Waals surface area contributed by atoms with Crippen LogP contribution in [0, 0.1) is 0 Å². The third-order valence-corrected chi connectivity index (χ3v) is 13.6. The van der Waals surface area contributed by atoms with Gasteiger partial charge in [0.05, 0.1) is 0 Å². The zero-order valence-corrected chi connectivity index (χ0v) is 41.7. The summed E-state index contributed by atoms with van der Waals surface area (Å²) in [5.41, 5.74) is 29.5. The van der Waals surface area contributed by atoms with Gasteiger partial charge in [-0.1, -0.05) is 107 Å². The summed E-state index contributed by atoms with van der Waals surface area (Å²) < 4.78 is 1.69. The van der Waals surface area contributed by atoms with Crippen LogP contribution in [0.15, 0.2) is 35.4 Å². The predicted molar refractivity (Wildman–Crippen MR) is 260 cm³/mol. The van der Waals surface area contributed by atoms with E-state index in [-0.39, 0.29) is 0 Å². The first-order valence-corrected chi connectivity index (χ1v) is 27.0. The number of allylic oxidation sites excluding steroid dienone is 2. The molecular weight excluding hydrogens is 759 g/mol. The Morgan fingerprint density at radius 1 is 0.356 bits per heavy atom. The molecule has 0 amide bonds. The van der Waals surface area contributed by atoms with E-state index in [1.807, 2.05) is 14.4 Å². The van der Waals surface area contributed by atoms with Gasteiger partial charge in [0.15, 0.2) is 0 Å². The van der Waals surface area contributed by atoms with Crippen molar-refractivity contribution < 1.29 is 19.1 Å². The van der Waals surface area contributed by atoms with Crippen LogP contribution in [0.25, 0.3) is 16.9 Å². The normalized spacial score (nSPS) is 12.9. The van der Waals surface area contributed by atoms with E-state index in [1.54, 1.807) is 15.8 Å². The molecule has 2 aromatic carbocycles. The molecule has 0 saturated carbocycles. The zero-order valence-electron chi connectivity index (χ0n) is 40.7. The molecule has 1 aliphatic rings. The quantitative estimate of drug-likeness (QED) is 0.0398. The van der Waals surface area contributed by atoms with Crippen LogP contribution in [0.4, 0.5) is 0 Å². The van der Waals surface area contributed by atoms with E-state index >= 15 is 0 Å². The van der Waals surface area contributed by atoms with Crippen molar-refractivity contribution in [3.63, 3.8) is 0 Å². The van der Waals surface area contributed by atoms with Gasteiger partial charge in [-0.2, -0.15) is 0 Å². The topological polar surface area (TPSA) is 25.3 Å². The summed E-state index contributed by atoms with van der Waals surface area (Å²) in [5, 5.41) is 2.78. The van der Waals surface area contributed by atoms with E-state index < -0.39 is 0 Å². The summed E-state index contributed by atoms with van der Waals surface area (Å²) in [4.78, 5) is 0. The maximum atomic E-state index is 12.7. The van der Waals surface area contributed by atoms with E-state index in [0.717, 1.165) is 75.6 Å². The van der Waals surface area contributed by atoms with Crippen molar-refractivity contribution in [1.82, 2.24) is 0 Å². The van der Waals surface area contributed by atoms with Crippen LogP contribution in [0.5, 0.6) is 0 Å². The van der Waals surface area contributed by atoms with Gasteiger partial charge in [-0.05, 0) is 160 Å². The number of benzene rings is 2. The van der Waals surface area contributed by atoms with Crippen molar-refractivity contribution in [3.8, 4) is 0 Å². The van der Waals surface area contributed by atoms with Crippen molar-refractivity contribution >= 4 is 11.4 Å². The molecule has 2 nitrogen and oxygen atoms in total. The predicted octanol–water partition coefficient (Wildman–Crippen LogP) is 18.8. The summed E-state index contributed by atoms with van der Waals surface area (Å²) >= 11 is 1.94. The fourth-order valence-corrected chi connectivity index (χ4v) is 9.97. The van der Waals surface area contributed by atoms with Gasteiger partial charge >= 0.3 is 64.8 Å². The molecule has 3 rings (SSSR count). The number of hydrogen-bond acceptors (Lipinski definition) is 0. The van der Waals surface area contributed by atoms with Crippen LogP contribution >= 0.6 is 0 Å². The summed E-state index contributed by atoms with van der Waals surface area (Å²) in [6, 6.07) is 10.0. The minimum atomic E-state index is 1.03. The van der Waals surface area contributed by atoms with E-state index in [4.69, 9.17) is 0 Å². The summed E-state index contributed by atoms with van der Waals surface area (Å²) in [6.07, 6.45) is 33.7. The standard InChI is InChI=1S/C48H76N2.2C4H9.Ni/c1-9-17-25-37-33-41(34-38(26-18-10-2)43(37)29-21-13-5)47-45(31-23-15-7)46(32-24-16-8)48(50(47)49)42-35-39(27-19-11-3)44(30-22-14-6)40(36-42)28-20-12-4;2*1-3-4-2;/h33-36H,9-32H2,1-8H3;2*1,3-4H2,2H3;. The average Bonchev–Trinajstić information content (AvgIpc) is 3.53. The summed E-state index contributed by atoms with van der Waals surface area (Å²) in [7, 11) is 0. The van der Waals surface area contributed by atoms with Crippen LogP contribution in [-0.4, -0.2) is 4.70 Å². The van der Waals surface area contributed by atoms with Gasteiger partial charge < -0.3 is 5.53 Å². The number of nitrogens with zero attached hydrogens (tertiary/aromatic N) is 2. The van der Waals surface area contributed by atoms with Gasteiger partial charge in [-0.25, -0.2) is 4.70 Å². The summed E-state index contributed by atoms with van der Waals surface area (Å²) in [5.74, 6) is 0. The number of aryl methyl sites for hydroxylation is 4. The second-order valence-electron chi connectivity index (χ2n) is 17.5. The molecule has 2 aromatic rings. The molecule has 0 aliphatic carbocycles. The molecule has 0 fully saturated rings. The molecule has 3 heteroatoms. The van der Waals surface area contributed by atoms with Crippen molar-refractivity contribution in [2.24, 2.45) is 0 Å². The molecule has 59 heavy (non-hydrogen) atoms. The van der Waals surface area contributed by atoms with Crippen LogP contribution in [0.1, 0.15) is 255 Å². The van der Waals surface area contributed by atoms with Crippen molar-refractivity contribution in [3.05, 3.63) is 85.5 Å². The Labute approximate surface area is 374 Å². The van der Waals surface area contributed by atoms with Crippen molar-refractivity contribution in [2.45, 2.75) is 260 Å². The Morgan fingerprint density at radius 2 is 0.610 bits per heavy atom. The minimum absolute atomic E-state index is 1.03. The fraction of sp³-hybridized carbons (Fsp3) is 0.714. The SMILES string of the molecule is CCCCC1=C(c2cc(CCCC)c(CCCC)c(CCCC)c2)[N+](=[N-])C(c2cc(CCCC)c(CCCC)c(CCCC)c2)=C1CCCC.CCC[CH2][Ni][CH2]CCC. The third kappa shape index (κ3) is 17.7. The van der Waals surface area contributed by atoms with Crippen LogP contribution < -0.4 is 0 Å². The molecule has 1 heterocycles. The molecule has 1 aliphatic heterocycles. The van der Waals surface area contributed by atoms with E-state index in [1.165, 1.54) is 171 Å². The van der Waals surface area contributed by atoms with Crippen LogP contribution in [0.2, 0.25) is 10.8 Å². The first-order chi connectivity index (χ1) is 28.8. The number of hydrogen-bond donors (Lipinski definition) is 0. The van der Waals surface area contributed by atoms with Gasteiger partial charge in [0, 0.05) is 22.3 Å². The van der Waals surface area contributed by atoms with Crippen molar-refractivity contribution in [2.75, 3.05) is 0 Å². The summed E-state index contributed by atoms with van der Waals surface area (Å²) in [6.45, 7) is 23.0. The Hall–Kier alpha value is -1.99. The second-order valence-corrected chi connectivity index (χ2v) is 19.0. The molecule has 0 N–H and O–H groups in total. The zero-order chi connectivity index (χ0) is 43.3. The van der Waals surface area contributed by atoms with Gasteiger partial charge in [-0.15, -0.1) is 0 Å². The molecule has 338 valence electrons. The monoisotopic (exact) mass is 853 g/mol. The number of rotatable bonds is 32. The molecule has 0 aromatic heterocycles. The third-order valence-electron chi connectivity index (χ3n) is 12.3. The fourth-order valence-electron chi connectivity index (χ4n) is 8.53. The van der Waals surface area contributed by atoms with E-state index in [0.29, 0.717) is 0 Å². The Kier molecular flexibility index (Phi) is 29.4. The van der Waals surface area contributed by atoms with Gasteiger partial charge in [0.25, 0.3) is 0 Å². The number of unbranched alkanes of at least 4 members (excludes halogenated alkanes) is 10. The Bertz CT molecular complexity index is 1360. The first kappa shape index (κ1) is 53.2. The van der Waals surface area contributed by atoms with E-state index in [2.05, 4.69) is 93.5 Å². The molecule has 0 spiro atoms. The van der Waals surface area contributed by atoms with Gasteiger partial charge in [0.1, 0.15) is 0 Å². The maximum absolute atomic E-state index is 12.7. The molecule has 0 saturated heterocycles. The Morgan fingerprint density at radius 3 is 0.881 bits per heavy atom. The first-order valence-electron chi connectivity index (χ1n) is 25.6. The molecule has 0 radical (unpaired) electrons. The van der Waals surface area contributed by atoms with Crippen LogP contribution in [-0.2, 0) is 53.0 Å². The van der Waals surface area contributed by atoms with Crippen molar-refractivity contribution in [1.29, 1.82) is 0 Å².